The van der Waals surface area contributed by atoms with Gasteiger partial charge in [-0.3, -0.25) is 0 Å². The van der Waals surface area contributed by atoms with Crippen molar-refractivity contribution >= 4 is 17.7 Å². The topological polar surface area (TPSA) is 124 Å². The molecule has 1 aliphatic rings. The zero-order valence-corrected chi connectivity index (χ0v) is 11.4. The van der Waals surface area contributed by atoms with Gasteiger partial charge in [-0.1, -0.05) is 18.2 Å². The van der Waals surface area contributed by atoms with Gasteiger partial charge in [0.05, 0.1) is 6.61 Å². The van der Waals surface area contributed by atoms with Gasteiger partial charge in [-0.2, -0.15) is 5.10 Å². The fraction of sp³-hybridized carbons (Fsp3) is 0.154. The van der Waals surface area contributed by atoms with Crippen LogP contribution in [0.25, 0.3) is 0 Å². The van der Waals surface area contributed by atoms with E-state index in [1.54, 1.807) is 6.92 Å². The fourth-order valence-electron chi connectivity index (χ4n) is 1.64. The number of nitrogens with two attached hydrogens (primary N) is 2. The van der Waals surface area contributed by atoms with Gasteiger partial charge < -0.3 is 21.1 Å². The Morgan fingerprint density at radius 1 is 1.43 bits per heavy atom. The van der Waals surface area contributed by atoms with Gasteiger partial charge in [0.25, 0.3) is 0 Å². The summed E-state index contributed by atoms with van der Waals surface area (Å²) in [7, 11) is 0. The molecule has 1 heterocycles. The maximum atomic E-state index is 11.9. The van der Waals surface area contributed by atoms with Crippen LogP contribution in [-0.4, -0.2) is 24.3 Å². The van der Waals surface area contributed by atoms with Crippen molar-refractivity contribution in [1.29, 1.82) is 0 Å². The zero-order valence-electron chi connectivity index (χ0n) is 11.4. The van der Waals surface area contributed by atoms with Crippen LogP contribution in [0.4, 0.5) is 0 Å². The lowest BCUT2D eigenvalue weighted by atomic mass is 10.2. The summed E-state index contributed by atoms with van der Waals surface area (Å²) in [6.45, 7) is 1.85. The first-order valence-corrected chi connectivity index (χ1v) is 6.19. The first-order valence-electron chi connectivity index (χ1n) is 6.19. The Bertz CT molecular complexity index is 622. The first kappa shape index (κ1) is 14.4. The summed E-state index contributed by atoms with van der Waals surface area (Å²) in [5, 5.41) is 7.29. The molecule has 0 spiro atoms. The number of nitrogens with zero attached hydrogens (tertiary/aromatic N) is 2. The average Bonchev–Trinajstić information content (AvgIpc) is 2.98. The van der Waals surface area contributed by atoms with E-state index in [-0.39, 0.29) is 23.9 Å². The van der Waals surface area contributed by atoms with E-state index in [4.69, 9.17) is 21.1 Å². The van der Waals surface area contributed by atoms with Crippen molar-refractivity contribution in [3.05, 3.63) is 47.4 Å². The highest BCUT2D eigenvalue weighted by Gasteiger charge is 2.27. The highest BCUT2D eigenvalue weighted by atomic mass is 16.5. The molecule has 110 valence electrons. The number of amidine groups is 1. The summed E-state index contributed by atoms with van der Waals surface area (Å²) in [6, 6.07) is 9.17. The molecular formula is C13H15N5O3. The van der Waals surface area contributed by atoms with Crippen molar-refractivity contribution in [2.45, 2.75) is 6.92 Å². The Labute approximate surface area is 121 Å². The lowest BCUT2D eigenvalue weighted by Gasteiger charge is -2.08. The monoisotopic (exact) mass is 289 g/mol. The van der Waals surface area contributed by atoms with Crippen LogP contribution in [0.1, 0.15) is 12.5 Å². The standard InChI is InChI=1S/C13H15N5O3/c1-2-20-13(19)9(10(14)16-15)12-18-17-11(21-12)8-6-4-3-5-7-8/h3-7,18H,2,15H2,1H3,(H2,14,16)/b12-9-. The predicted molar refractivity (Wildman–Crippen MR) is 76.7 cm³/mol. The van der Waals surface area contributed by atoms with E-state index in [9.17, 15) is 4.79 Å². The number of carbonyl (C=O) groups is 1. The van der Waals surface area contributed by atoms with Crippen LogP contribution >= 0.6 is 0 Å². The highest BCUT2D eigenvalue weighted by Crippen LogP contribution is 2.15. The predicted octanol–water partition coefficient (Wildman–Crippen LogP) is -0.0264. The summed E-state index contributed by atoms with van der Waals surface area (Å²) in [6.07, 6.45) is 0. The number of hydrogen-bond donors (Lipinski definition) is 3. The molecule has 1 aromatic carbocycles. The molecule has 0 saturated carbocycles. The summed E-state index contributed by atoms with van der Waals surface area (Å²) in [5.41, 5.74) is 8.84. The average molecular weight is 289 g/mol. The Kier molecular flexibility index (Phi) is 4.39. The van der Waals surface area contributed by atoms with E-state index in [1.807, 2.05) is 30.3 Å². The molecular weight excluding hydrogens is 274 g/mol. The van der Waals surface area contributed by atoms with Crippen molar-refractivity contribution < 1.29 is 14.3 Å². The molecule has 0 radical (unpaired) electrons. The van der Waals surface area contributed by atoms with E-state index in [0.29, 0.717) is 5.90 Å². The normalized spacial score (nSPS) is 16.6. The maximum absolute atomic E-state index is 11.9. The number of carbonyl (C=O) groups excluding carboxylic acids is 1. The molecule has 0 saturated heterocycles. The second-order valence-corrected chi connectivity index (χ2v) is 3.94. The molecule has 0 bridgehead atoms. The Morgan fingerprint density at radius 2 is 2.14 bits per heavy atom. The molecule has 0 aliphatic carbocycles. The molecule has 0 fully saturated rings. The number of hydrazone groups is 2. The number of nitrogens with one attached hydrogen (secondary N) is 1. The van der Waals surface area contributed by atoms with Crippen LogP contribution in [0.5, 0.6) is 0 Å². The molecule has 1 aliphatic heterocycles. The summed E-state index contributed by atoms with van der Waals surface area (Å²) >= 11 is 0. The third kappa shape index (κ3) is 3.11. The minimum Gasteiger partial charge on any atom is -0.462 e. The van der Waals surface area contributed by atoms with Crippen molar-refractivity contribution in [3.63, 3.8) is 0 Å². The van der Waals surface area contributed by atoms with Crippen LogP contribution in [0.15, 0.2) is 52.0 Å². The number of hydrogen-bond acceptors (Lipinski definition) is 7. The van der Waals surface area contributed by atoms with Crippen LogP contribution in [-0.2, 0) is 14.3 Å². The van der Waals surface area contributed by atoms with E-state index < -0.39 is 5.97 Å². The van der Waals surface area contributed by atoms with Gasteiger partial charge in [-0.05, 0) is 19.1 Å². The van der Waals surface area contributed by atoms with Crippen molar-refractivity contribution in [3.8, 4) is 0 Å². The molecule has 21 heavy (non-hydrogen) atoms. The van der Waals surface area contributed by atoms with Crippen LogP contribution in [0.2, 0.25) is 0 Å². The van der Waals surface area contributed by atoms with Crippen LogP contribution < -0.4 is 17.0 Å². The second-order valence-electron chi connectivity index (χ2n) is 3.94. The SMILES string of the molecule is CCOC(=O)C(/C(N)=N/N)=C1/NN=C(c2ccccc2)O1. The van der Waals surface area contributed by atoms with Gasteiger partial charge in [0, 0.05) is 5.56 Å². The molecule has 0 amide bonds. The molecule has 0 atom stereocenters. The van der Waals surface area contributed by atoms with E-state index in [2.05, 4.69) is 15.6 Å². The van der Waals surface area contributed by atoms with Crippen molar-refractivity contribution in [2.24, 2.45) is 21.8 Å². The number of rotatable bonds is 4. The summed E-state index contributed by atoms with van der Waals surface area (Å²) < 4.78 is 10.4. The smallest absolute Gasteiger partial charge is 0.347 e. The van der Waals surface area contributed by atoms with Crippen LogP contribution in [0, 0.1) is 0 Å². The second kappa shape index (κ2) is 6.42. The molecule has 0 aromatic heterocycles. The number of esters is 1. The molecule has 2 rings (SSSR count). The summed E-state index contributed by atoms with van der Waals surface area (Å²) in [5.74, 6) is 4.54. The lowest BCUT2D eigenvalue weighted by molar-refractivity contribution is -0.138. The molecule has 5 N–H and O–H groups in total. The van der Waals surface area contributed by atoms with E-state index >= 15 is 0 Å². The van der Waals surface area contributed by atoms with Crippen molar-refractivity contribution in [1.82, 2.24) is 5.43 Å². The van der Waals surface area contributed by atoms with Crippen molar-refractivity contribution in [2.75, 3.05) is 6.61 Å². The lowest BCUT2D eigenvalue weighted by Crippen LogP contribution is -2.28. The Balaban J connectivity index is 2.29. The van der Waals surface area contributed by atoms with Gasteiger partial charge in [0.15, 0.2) is 11.4 Å². The largest absolute Gasteiger partial charge is 0.462 e. The van der Waals surface area contributed by atoms with Gasteiger partial charge in [-0.25, -0.2) is 10.2 Å². The minimum absolute atomic E-state index is 0.0269. The highest BCUT2D eigenvalue weighted by molar-refractivity contribution is 6.18. The van der Waals surface area contributed by atoms with Gasteiger partial charge in [-0.15, -0.1) is 5.10 Å². The zero-order chi connectivity index (χ0) is 15.2. The summed E-state index contributed by atoms with van der Waals surface area (Å²) in [4.78, 5) is 11.9. The fourth-order valence-corrected chi connectivity index (χ4v) is 1.64. The Morgan fingerprint density at radius 3 is 2.76 bits per heavy atom. The van der Waals surface area contributed by atoms with E-state index in [1.165, 1.54) is 0 Å². The molecule has 8 heteroatoms. The molecule has 0 unspecified atom stereocenters. The van der Waals surface area contributed by atoms with Crippen LogP contribution in [0.3, 0.4) is 0 Å². The number of benzene rings is 1. The minimum atomic E-state index is -0.698. The third-order valence-electron chi connectivity index (χ3n) is 2.58. The van der Waals surface area contributed by atoms with Gasteiger partial charge in [0.1, 0.15) is 0 Å². The quantitative estimate of drug-likeness (QED) is 0.179. The third-order valence-corrected chi connectivity index (χ3v) is 2.58. The van der Waals surface area contributed by atoms with Gasteiger partial charge in [0.2, 0.25) is 11.8 Å². The number of ether oxygens (including phenoxy) is 2. The maximum Gasteiger partial charge on any atom is 0.347 e. The van der Waals surface area contributed by atoms with Gasteiger partial charge >= 0.3 is 5.97 Å². The Hall–Kier alpha value is -3.03. The van der Waals surface area contributed by atoms with E-state index in [0.717, 1.165) is 5.56 Å². The molecule has 8 nitrogen and oxygen atoms in total. The molecule has 1 aromatic rings. The first-order chi connectivity index (χ1) is 10.2.